The second-order valence-electron chi connectivity index (χ2n) is 4.45. The van der Waals surface area contributed by atoms with Crippen molar-refractivity contribution in [2.75, 3.05) is 46.2 Å². The van der Waals surface area contributed by atoms with Crippen LogP contribution in [0.2, 0.25) is 0 Å². The van der Waals surface area contributed by atoms with Crippen LogP contribution in [-0.4, -0.2) is 73.8 Å². The SMILES string of the molecule is C=CC(=O)O.OCCOCCOCCOCC(O)Oc1ccccc1. The molecule has 1 rings (SSSR count). The minimum atomic E-state index is -0.995. The molecule has 0 saturated carbocycles. The summed E-state index contributed by atoms with van der Waals surface area (Å²) < 4.78 is 20.7. The fourth-order valence-electron chi connectivity index (χ4n) is 1.38. The van der Waals surface area contributed by atoms with Crippen LogP contribution in [0.1, 0.15) is 0 Å². The fourth-order valence-corrected chi connectivity index (χ4v) is 1.38. The van der Waals surface area contributed by atoms with E-state index >= 15 is 0 Å². The maximum absolute atomic E-state index is 9.57. The lowest BCUT2D eigenvalue weighted by Crippen LogP contribution is -2.23. The lowest BCUT2D eigenvalue weighted by atomic mass is 10.3. The summed E-state index contributed by atoms with van der Waals surface area (Å²) in [7, 11) is 0. The van der Waals surface area contributed by atoms with E-state index in [4.69, 9.17) is 29.2 Å². The Morgan fingerprint density at radius 2 is 1.56 bits per heavy atom. The van der Waals surface area contributed by atoms with Gasteiger partial charge in [-0.15, -0.1) is 0 Å². The molecule has 0 aliphatic heterocycles. The summed E-state index contributed by atoms with van der Waals surface area (Å²) >= 11 is 0. The monoisotopic (exact) mass is 358 g/mol. The summed E-state index contributed by atoms with van der Waals surface area (Å²) in [6, 6.07) is 9.06. The maximum Gasteiger partial charge on any atom is 0.327 e. The highest BCUT2D eigenvalue weighted by Gasteiger charge is 2.05. The van der Waals surface area contributed by atoms with Crippen LogP contribution in [0.25, 0.3) is 0 Å². The first-order valence-electron chi connectivity index (χ1n) is 7.69. The van der Waals surface area contributed by atoms with Crippen LogP contribution in [0.4, 0.5) is 0 Å². The van der Waals surface area contributed by atoms with E-state index in [-0.39, 0.29) is 13.2 Å². The van der Waals surface area contributed by atoms with E-state index in [1.165, 1.54) is 0 Å². The molecule has 0 saturated heterocycles. The van der Waals surface area contributed by atoms with E-state index in [0.29, 0.717) is 38.8 Å². The molecule has 1 unspecified atom stereocenters. The largest absolute Gasteiger partial charge is 0.478 e. The predicted molar refractivity (Wildman–Crippen MR) is 90.5 cm³/mol. The van der Waals surface area contributed by atoms with Crippen LogP contribution in [0, 0.1) is 0 Å². The Labute approximate surface area is 147 Å². The third-order valence-corrected chi connectivity index (χ3v) is 2.43. The number of hydrogen-bond acceptors (Lipinski definition) is 7. The Bertz CT molecular complexity index is 438. The topological polar surface area (TPSA) is 115 Å². The molecule has 0 amide bonds. The number of rotatable bonds is 13. The molecule has 25 heavy (non-hydrogen) atoms. The first-order valence-corrected chi connectivity index (χ1v) is 7.69. The Morgan fingerprint density at radius 3 is 2.08 bits per heavy atom. The van der Waals surface area contributed by atoms with Gasteiger partial charge in [0.2, 0.25) is 6.29 Å². The number of ether oxygens (including phenoxy) is 4. The van der Waals surface area contributed by atoms with Crippen molar-refractivity contribution in [2.45, 2.75) is 6.29 Å². The van der Waals surface area contributed by atoms with Crippen LogP contribution in [0.15, 0.2) is 43.0 Å². The minimum absolute atomic E-state index is 0.0163. The molecule has 1 aromatic carbocycles. The second-order valence-corrected chi connectivity index (χ2v) is 4.45. The van der Waals surface area contributed by atoms with Gasteiger partial charge in [0.1, 0.15) is 12.4 Å². The molecular formula is C17H26O8. The van der Waals surface area contributed by atoms with E-state index in [1.807, 2.05) is 18.2 Å². The lowest BCUT2D eigenvalue weighted by Gasteiger charge is -2.13. The number of aliphatic carboxylic acids is 1. The zero-order chi connectivity index (χ0) is 18.8. The molecule has 0 aliphatic carbocycles. The van der Waals surface area contributed by atoms with Gasteiger partial charge in [0.25, 0.3) is 0 Å². The van der Waals surface area contributed by atoms with Crippen LogP contribution >= 0.6 is 0 Å². The molecule has 8 heteroatoms. The van der Waals surface area contributed by atoms with Crippen molar-refractivity contribution >= 4 is 5.97 Å². The van der Waals surface area contributed by atoms with Crippen LogP contribution in [0.3, 0.4) is 0 Å². The summed E-state index contributed by atoms with van der Waals surface area (Å²) in [4.78, 5) is 9.25. The maximum atomic E-state index is 9.57. The highest BCUT2D eigenvalue weighted by molar-refractivity contribution is 5.78. The lowest BCUT2D eigenvalue weighted by molar-refractivity contribution is -0.131. The molecule has 0 spiro atoms. The second kappa shape index (κ2) is 16.9. The number of benzene rings is 1. The van der Waals surface area contributed by atoms with Crippen molar-refractivity contribution in [3.8, 4) is 5.75 Å². The summed E-state index contributed by atoms with van der Waals surface area (Å²) in [5.41, 5.74) is 0. The highest BCUT2D eigenvalue weighted by atomic mass is 16.6. The average molecular weight is 358 g/mol. The average Bonchev–Trinajstić information content (AvgIpc) is 2.61. The van der Waals surface area contributed by atoms with E-state index in [0.717, 1.165) is 6.08 Å². The molecule has 1 aromatic rings. The van der Waals surface area contributed by atoms with E-state index < -0.39 is 12.3 Å². The Balaban J connectivity index is 0.00000101. The summed E-state index contributed by atoms with van der Waals surface area (Å²) in [5.74, 6) is -0.383. The van der Waals surface area contributed by atoms with Gasteiger partial charge < -0.3 is 34.3 Å². The van der Waals surface area contributed by atoms with Crippen LogP contribution in [-0.2, 0) is 19.0 Å². The van der Waals surface area contributed by atoms with Crippen molar-refractivity contribution in [3.05, 3.63) is 43.0 Å². The van der Waals surface area contributed by atoms with Gasteiger partial charge in [-0.25, -0.2) is 4.79 Å². The number of carbonyl (C=O) groups is 1. The Hall–Kier alpha value is -1.97. The van der Waals surface area contributed by atoms with Gasteiger partial charge in [-0.05, 0) is 12.1 Å². The van der Waals surface area contributed by atoms with Gasteiger partial charge in [0.05, 0.1) is 39.6 Å². The van der Waals surface area contributed by atoms with Gasteiger partial charge in [-0.1, -0.05) is 24.8 Å². The van der Waals surface area contributed by atoms with Crippen molar-refractivity contribution in [1.29, 1.82) is 0 Å². The van der Waals surface area contributed by atoms with E-state index in [2.05, 4.69) is 6.58 Å². The summed E-state index contributed by atoms with van der Waals surface area (Å²) in [5, 5.41) is 25.7. The van der Waals surface area contributed by atoms with Crippen molar-refractivity contribution in [3.63, 3.8) is 0 Å². The van der Waals surface area contributed by atoms with Gasteiger partial charge in [0.15, 0.2) is 0 Å². The summed E-state index contributed by atoms with van der Waals surface area (Å²) in [6.07, 6.45) is -0.162. The first kappa shape index (κ1) is 23.0. The predicted octanol–water partition coefficient (Wildman–Crippen LogP) is 0.683. The Morgan fingerprint density at radius 1 is 1.04 bits per heavy atom. The zero-order valence-corrected chi connectivity index (χ0v) is 14.1. The quantitative estimate of drug-likeness (QED) is 0.268. The molecule has 8 nitrogen and oxygen atoms in total. The molecule has 0 fully saturated rings. The fraction of sp³-hybridized carbons (Fsp3) is 0.471. The van der Waals surface area contributed by atoms with Gasteiger partial charge >= 0.3 is 5.97 Å². The number of para-hydroxylation sites is 1. The van der Waals surface area contributed by atoms with Crippen LogP contribution in [0.5, 0.6) is 5.75 Å². The van der Waals surface area contributed by atoms with Crippen molar-refractivity contribution in [2.24, 2.45) is 0 Å². The normalized spacial score (nSPS) is 11.1. The van der Waals surface area contributed by atoms with E-state index in [1.54, 1.807) is 12.1 Å². The minimum Gasteiger partial charge on any atom is -0.478 e. The molecule has 0 aromatic heterocycles. The molecule has 3 N–H and O–H groups in total. The number of aliphatic hydroxyl groups is 2. The number of aliphatic hydroxyl groups excluding tert-OH is 2. The zero-order valence-electron chi connectivity index (χ0n) is 14.1. The van der Waals surface area contributed by atoms with Crippen LogP contribution < -0.4 is 4.74 Å². The van der Waals surface area contributed by atoms with Crippen molar-refractivity contribution in [1.82, 2.24) is 0 Å². The molecule has 0 radical (unpaired) electrons. The third-order valence-electron chi connectivity index (χ3n) is 2.43. The number of hydrogen-bond donors (Lipinski definition) is 3. The summed E-state index contributed by atoms with van der Waals surface area (Å²) in [6.45, 7) is 5.06. The number of carboxylic acids is 1. The standard InChI is InChI=1S/C14H22O6.C3H4O2/c15-6-7-17-8-9-18-10-11-19-12-14(16)20-13-4-2-1-3-5-13;1-2-3(4)5/h1-5,14-16H,6-12H2;2H,1H2,(H,4,5). The van der Waals surface area contributed by atoms with E-state index in [9.17, 15) is 9.90 Å². The molecule has 1 atom stereocenters. The third kappa shape index (κ3) is 16.7. The van der Waals surface area contributed by atoms with Gasteiger partial charge in [0, 0.05) is 6.08 Å². The first-order chi connectivity index (χ1) is 12.1. The molecule has 0 heterocycles. The molecular weight excluding hydrogens is 332 g/mol. The molecule has 0 bridgehead atoms. The number of carboxylic acid groups (broad SMARTS) is 1. The highest BCUT2D eigenvalue weighted by Crippen LogP contribution is 2.09. The van der Waals surface area contributed by atoms with Crippen molar-refractivity contribution < 1.29 is 39.1 Å². The molecule has 0 aliphatic rings. The van der Waals surface area contributed by atoms with Gasteiger partial charge in [-0.2, -0.15) is 0 Å². The molecule has 142 valence electrons. The Kier molecular flexibility index (Phi) is 15.5. The smallest absolute Gasteiger partial charge is 0.327 e. The van der Waals surface area contributed by atoms with Gasteiger partial charge in [-0.3, -0.25) is 0 Å².